The highest BCUT2D eigenvalue weighted by Crippen LogP contribution is 2.35. The number of benzene rings is 2. The number of piperidine rings is 1. The Hall–Kier alpha value is -4.22. The van der Waals surface area contributed by atoms with Crippen molar-refractivity contribution in [2.75, 3.05) is 59.2 Å². The standard InChI is InChI=1S/C22H28N2O3.C19H22N2O3/c25-14-2-3-17-9-12-24(13-10-17)15-18-5-7-19(8-6-18)21-16-26-20-4-1-11-23-22(20)27-21;1-3-17-19(20-8-1)24-18(14-23-17)16-6-4-15(5-7-16)13-21-9-2-11-22-12-10-21/h1,4-8,11,17,21,25H,2-3,9-10,12-16H2;1,3-8,18H,2,9-14H2/t21-;18-/m11/s1. The monoisotopic (exact) mass is 694 g/mol. The number of aliphatic hydroxyl groups is 1. The van der Waals surface area contributed by atoms with Gasteiger partial charge < -0.3 is 28.8 Å². The molecule has 2 aromatic carbocycles. The van der Waals surface area contributed by atoms with Gasteiger partial charge in [0.05, 0.1) is 6.61 Å². The van der Waals surface area contributed by atoms with Crippen molar-refractivity contribution in [1.82, 2.24) is 19.8 Å². The van der Waals surface area contributed by atoms with Crippen LogP contribution in [0.15, 0.2) is 85.2 Å². The summed E-state index contributed by atoms with van der Waals surface area (Å²) in [6.07, 6.45) is 8.95. The molecule has 2 atom stereocenters. The number of rotatable bonds is 9. The molecule has 10 nitrogen and oxygen atoms in total. The van der Waals surface area contributed by atoms with Crippen LogP contribution in [-0.4, -0.2) is 84.1 Å². The van der Waals surface area contributed by atoms with Crippen LogP contribution in [0.25, 0.3) is 0 Å². The molecule has 0 unspecified atom stereocenters. The van der Waals surface area contributed by atoms with E-state index < -0.39 is 0 Å². The molecule has 10 heteroatoms. The van der Waals surface area contributed by atoms with Gasteiger partial charge in [-0.3, -0.25) is 9.80 Å². The fourth-order valence-electron chi connectivity index (χ4n) is 7.11. The first-order valence-corrected chi connectivity index (χ1v) is 18.5. The molecule has 6 heterocycles. The number of ether oxygens (including phenoxy) is 5. The molecule has 1 N–H and O–H groups in total. The Morgan fingerprint density at radius 2 is 1.20 bits per heavy atom. The van der Waals surface area contributed by atoms with Crippen LogP contribution in [0.1, 0.15) is 66.6 Å². The zero-order valence-electron chi connectivity index (χ0n) is 29.4. The highest BCUT2D eigenvalue weighted by atomic mass is 16.6. The van der Waals surface area contributed by atoms with Crippen molar-refractivity contribution in [1.29, 1.82) is 0 Å². The second-order valence-electron chi connectivity index (χ2n) is 13.8. The zero-order valence-corrected chi connectivity index (χ0v) is 29.4. The molecule has 4 aliphatic heterocycles. The van der Waals surface area contributed by atoms with Gasteiger partial charge in [0.1, 0.15) is 13.2 Å². The van der Waals surface area contributed by atoms with Gasteiger partial charge in [-0.05, 0) is 97.6 Å². The normalized spacial score (nSPS) is 20.9. The van der Waals surface area contributed by atoms with Crippen molar-refractivity contribution in [2.45, 2.75) is 57.4 Å². The summed E-state index contributed by atoms with van der Waals surface area (Å²) in [6.45, 7) is 9.44. The smallest absolute Gasteiger partial charge is 0.257 e. The van der Waals surface area contributed by atoms with Gasteiger partial charge in [-0.25, -0.2) is 9.97 Å². The highest BCUT2D eigenvalue weighted by molar-refractivity contribution is 5.37. The molecule has 4 aliphatic rings. The molecular weight excluding hydrogens is 644 g/mol. The lowest BCUT2D eigenvalue weighted by Gasteiger charge is -2.32. The lowest BCUT2D eigenvalue weighted by molar-refractivity contribution is 0.0850. The fraction of sp³-hybridized carbons (Fsp3) is 0.463. The molecule has 2 saturated heterocycles. The van der Waals surface area contributed by atoms with Gasteiger partial charge in [-0.2, -0.15) is 0 Å². The summed E-state index contributed by atoms with van der Waals surface area (Å²) >= 11 is 0. The Balaban J connectivity index is 0.000000160. The predicted molar refractivity (Wildman–Crippen MR) is 194 cm³/mol. The fourth-order valence-corrected chi connectivity index (χ4v) is 7.11. The molecule has 0 amide bonds. The minimum Gasteiger partial charge on any atom is -0.484 e. The Morgan fingerprint density at radius 1 is 0.647 bits per heavy atom. The molecule has 4 aromatic rings. The van der Waals surface area contributed by atoms with Crippen LogP contribution in [0.5, 0.6) is 23.3 Å². The topological polar surface area (TPSA) is 98.6 Å². The van der Waals surface area contributed by atoms with E-state index in [1.807, 2.05) is 24.3 Å². The van der Waals surface area contributed by atoms with Crippen molar-refractivity contribution in [3.05, 3.63) is 107 Å². The van der Waals surface area contributed by atoms with E-state index in [0.717, 1.165) is 82.4 Å². The van der Waals surface area contributed by atoms with Crippen molar-refractivity contribution in [2.24, 2.45) is 5.92 Å². The Morgan fingerprint density at radius 3 is 1.75 bits per heavy atom. The summed E-state index contributed by atoms with van der Waals surface area (Å²) < 4.78 is 29.0. The molecule has 2 fully saturated rings. The van der Waals surface area contributed by atoms with Gasteiger partial charge in [0.2, 0.25) is 0 Å². The maximum absolute atomic E-state index is 8.98. The van der Waals surface area contributed by atoms with Gasteiger partial charge in [-0.1, -0.05) is 48.5 Å². The number of aromatic nitrogens is 2. The maximum Gasteiger partial charge on any atom is 0.257 e. The third kappa shape index (κ3) is 9.77. The van der Waals surface area contributed by atoms with E-state index in [-0.39, 0.29) is 12.2 Å². The third-order valence-electron chi connectivity index (χ3n) is 10.1. The van der Waals surface area contributed by atoms with Crippen molar-refractivity contribution in [3.63, 3.8) is 0 Å². The molecule has 270 valence electrons. The van der Waals surface area contributed by atoms with Crippen LogP contribution < -0.4 is 18.9 Å². The molecule has 0 spiro atoms. The van der Waals surface area contributed by atoms with E-state index in [9.17, 15) is 0 Å². The number of hydrogen-bond donors (Lipinski definition) is 1. The molecule has 0 radical (unpaired) electrons. The van der Waals surface area contributed by atoms with Crippen LogP contribution in [0, 0.1) is 5.92 Å². The molecule has 2 aromatic heterocycles. The number of fused-ring (bicyclic) bond motifs is 2. The predicted octanol–water partition coefficient (Wildman–Crippen LogP) is 6.40. The van der Waals surface area contributed by atoms with E-state index in [2.05, 4.69) is 68.3 Å². The van der Waals surface area contributed by atoms with Crippen molar-refractivity contribution < 1.29 is 28.8 Å². The van der Waals surface area contributed by atoms with E-state index in [0.29, 0.717) is 43.1 Å². The summed E-state index contributed by atoms with van der Waals surface area (Å²) in [5.74, 6) is 3.36. The highest BCUT2D eigenvalue weighted by Gasteiger charge is 2.25. The largest absolute Gasteiger partial charge is 0.484 e. The molecule has 0 saturated carbocycles. The Kier molecular flexibility index (Phi) is 12.3. The summed E-state index contributed by atoms with van der Waals surface area (Å²) in [5, 5.41) is 8.98. The Labute approximate surface area is 301 Å². The quantitative estimate of drug-likeness (QED) is 0.212. The van der Waals surface area contributed by atoms with Crippen LogP contribution in [0.2, 0.25) is 0 Å². The molecule has 51 heavy (non-hydrogen) atoms. The Bertz CT molecular complexity index is 1640. The zero-order chi connectivity index (χ0) is 34.7. The first kappa shape index (κ1) is 35.2. The first-order chi connectivity index (χ1) is 25.2. The van der Waals surface area contributed by atoms with Gasteiger partial charge in [-0.15, -0.1) is 0 Å². The summed E-state index contributed by atoms with van der Waals surface area (Å²) in [6, 6.07) is 24.8. The molecular formula is C41H50N4O6. The molecule has 0 bridgehead atoms. The van der Waals surface area contributed by atoms with E-state index in [1.54, 1.807) is 12.4 Å². The SMILES string of the molecule is OCCCC1CCN(Cc2ccc([C@H]3COc4cccnc4O3)cc2)CC1.c1cnc2c(c1)OC[C@H](c1ccc(CN3CCCOCC3)cc1)O2. The second kappa shape index (κ2) is 17.8. The number of pyridine rings is 2. The lowest BCUT2D eigenvalue weighted by Crippen LogP contribution is -2.33. The molecule has 0 aliphatic carbocycles. The summed E-state index contributed by atoms with van der Waals surface area (Å²) in [4.78, 5) is 13.5. The van der Waals surface area contributed by atoms with Crippen molar-refractivity contribution >= 4 is 0 Å². The maximum atomic E-state index is 8.98. The number of likely N-dealkylation sites (tertiary alicyclic amines) is 1. The third-order valence-corrected chi connectivity index (χ3v) is 10.1. The van der Waals surface area contributed by atoms with E-state index in [1.165, 1.54) is 30.4 Å². The van der Waals surface area contributed by atoms with Gasteiger partial charge in [0, 0.05) is 51.8 Å². The van der Waals surface area contributed by atoms with Crippen LogP contribution >= 0.6 is 0 Å². The summed E-state index contributed by atoms with van der Waals surface area (Å²) in [7, 11) is 0. The van der Waals surface area contributed by atoms with Crippen LogP contribution in [-0.2, 0) is 17.8 Å². The minimum atomic E-state index is -0.108. The van der Waals surface area contributed by atoms with Gasteiger partial charge in [0.25, 0.3) is 11.8 Å². The van der Waals surface area contributed by atoms with Gasteiger partial charge >= 0.3 is 0 Å². The van der Waals surface area contributed by atoms with Crippen LogP contribution in [0.4, 0.5) is 0 Å². The lowest BCUT2D eigenvalue weighted by atomic mass is 9.92. The van der Waals surface area contributed by atoms with Crippen LogP contribution in [0.3, 0.4) is 0 Å². The number of nitrogens with zero attached hydrogens (tertiary/aromatic N) is 4. The summed E-state index contributed by atoms with van der Waals surface area (Å²) in [5.41, 5.74) is 4.89. The van der Waals surface area contributed by atoms with E-state index in [4.69, 9.17) is 28.8 Å². The average molecular weight is 695 g/mol. The second-order valence-corrected chi connectivity index (χ2v) is 13.8. The van der Waals surface area contributed by atoms with E-state index >= 15 is 0 Å². The van der Waals surface area contributed by atoms with Gasteiger partial charge in [0.15, 0.2) is 23.7 Å². The number of hydrogen-bond acceptors (Lipinski definition) is 10. The minimum absolute atomic E-state index is 0.104. The first-order valence-electron chi connectivity index (χ1n) is 18.5. The molecule has 8 rings (SSSR count). The number of aliphatic hydroxyl groups excluding tert-OH is 1. The average Bonchev–Trinajstić information content (AvgIpc) is 3.47. The van der Waals surface area contributed by atoms with Crippen molar-refractivity contribution in [3.8, 4) is 23.3 Å².